The molecular weight excluding hydrogens is 250 g/mol. The summed E-state index contributed by atoms with van der Waals surface area (Å²) in [6.45, 7) is 1.74. The number of aromatic nitrogens is 2. The molecule has 3 N–H and O–H groups in total. The Balaban J connectivity index is 1.89. The van der Waals surface area contributed by atoms with Gasteiger partial charge in [-0.2, -0.15) is 5.10 Å². The number of rotatable bonds is 2. The summed E-state index contributed by atoms with van der Waals surface area (Å²) < 4.78 is 0. The molecule has 0 bridgehead atoms. The van der Waals surface area contributed by atoms with E-state index in [0.29, 0.717) is 11.4 Å². The van der Waals surface area contributed by atoms with Gasteiger partial charge in [0.05, 0.1) is 11.8 Å². The van der Waals surface area contributed by atoms with Crippen LogP contribution in [0.1, 0.15) is 16.7 Å². The van der Waals surface area contributed by atoms with Crippen LogP contribution in [-0.2, 0) is 12.8 Å². The molecule has 1 aromatic heterocycles. The Bertz CT molecular complexity index is 611. The zero-order valence-electron chi connectivity index (χ0n) is 11.2. The number of amidine groups is 1. The van der Waals surface area contributed by atoms with Crippen molar-refractivity contribution in [3.63, 3.8) is 0 Å². The summed E-state index contributed by atoms with van der Waals surface area (Å²) in [7, 11) is 0. The van der Waals surface area contributed by atoms with Gasteiger partial charge in [0, 0.05) is 13.1 Å². The van der Waals surface area contributed by atoms with Gasteiger partial charge in [0.25, 0.3) is 0 Å². The summed E-state index contributed by atoms with van der Waals surface area (Å²) in [5, 5.41) is 15.8. The van der Waals surface area contributed by atoms with Gasteiger partial charge in [0.15, 0.2) is 5.82 Å². The lowest BCUT2D eigenvalue weighted by atomic mass is 10.0. The Kier molecular flexibility index (Phi) is 3.33. The summed E-state index contributed by atoms with van der Waals surface area (Å²) in [6.07, 6.45) is 3.53. The van der Waals surface area contributed by atoms with Gasteiger partial charge in [0.1, 0.15) is 5.84 Å². The third-order valence-electron chi connectivity index (χ3n) is 3.71. The van der Waals surface area contributed by atoms with Crippen LogP contribution in [0.2, 0.25) is 0 Å². The topological polar surface area (TPSA) is 78.9 Å². The third-order valence-corrected chi connectivity index (χ3v) is 3.71. The van der Waals surface area contributed by atoms with E-state index in [9.17, 15) is 0 Å². The van der Waals surface area contributed by atoms with Gasteiger partial charge in [-0.1, -0.05) is 24.3 Å². The largest absolute Gasteiger partial charge is 0.384 e. The van der Waals surface area contributed by atoms with Crippen molar-refractivity contribution in [2.24, 2.45) is 5.73 Å². The molecule has 0 unspecified atom stereocenters. The molecule has 0 amide bonds. The van der Waals surface area contributed by atoms with Crippen LogP contribution in [0.25, 0.3) is 0 Å². The van der Waals surface area contributed by atoms with Crippen LogP contribution in [0.4, 0.5) is 5.82 Å². The van der Waals surface area contributed by atoms with Gasteiger partial charge >= 0.3 is 0 Å². The number of fused-ring (bicyclic) bond motifs is 1. The first-order valence-corrected chi connectivity index (χ1v) is 6.73. The average molecular weight is 267 g/mol. The van der Waals surface area contributed by atoms with Gasteiger partial charge in [-0.25, -0.2) is 0 Å². The normalized spacial score (nSPS) is 14.5. The highest BCUT2D eigenvalue weighted by atomic mass is 15.3. The van der Waals surface area contributed by atoms with Gasteiger partial charge in [0.2, 0.25) is 0 Å². The molecule has 0 atom stereocenters. The number of nitrogen functional groups attached to an aromatic ring is 1. The second kappa shape index (κ2) is 5.28. The predicted octanol–water partition coefficient (Wildman–Crippen LogP) is 1.37. The first-order chi connectivity index (χ1) is 9.75. The van der Waals surface area contributed by atoms with E-state index in [-0.39, 0.29) is 5.84 Å². The van der Waals surface area contributed by atoms with E-state index in [0.717, 1.165) is 25.9 Å². The predicted molar refractivity (Wildman–Crippen MR) is 79.1 cm³/mol. The maximum atomic E-state index is 7.66. The molecule has 1 aliphatic rings. The lowest BCUT2D eigenvalue weighted by Crippen LogP contribution is -2.30. The minimum Gasteiger partial charge on any atom is -0.384 e. The van der Waals surface area contributed by atoms with Crippen molar-refractivity contribution in [2.45, 2.75) is 12.8 Å². The van der Waals surface area contributed by atoms with Crippen molar-refractivity contribution in [1.82, 2.24) is 10.2 Å². The van der Waals surface area contributed by atoms with Crippen molar-refractivity contribution in [2.75, 3.05) is 18.0 Å². The van der Waals surface area contributed by atoms with Crippen molar-refractivity contribution in [3.05, 3.63) is 53.2 Å². The smallest absolute Gasteiger partial charge is 0.162 e. The Morgan fingerprint density at radius 3 is 2.35 bits per heavy atom. The highest BCUT2D eigenvalue weighted by Crippen LogP contribution is 2.21. The van der Waals surface area contributed by atoms with Crippen LogP contribution < -0.4 is 10.6 Å². The number of nitrogens with zero attached hydrogens (tertiary/aromatic N) is 3. The summed E-state index contributed by atoms with van der Waals surface area (Å²) in [6, 6.07) is 10.3. The molecular formula is C15H17N5. The van der Waals surface area contributed by atoms with Gasteiger partial charge in [-0.05, 0) is 30.0 Å². The molecule has 2 heterocycles. The zero-order chi connectivity index (χ0) is 13.9. The Morgan fingerprint density at radius 1 is 1.10 bits per heavy atom. The van der Waals surface area contributed by atoms with Crippen molar-refractivity contribution >= 4 is 11.7 Å². The SMILES string of the molecule is N=C(N)c1ccnnc1N1CCc2ccccc2CC1. The fourth-order valence-corrected chi connectivity index (χ4v) is 2.65. The Labute approximate surface area is 118 Å². The van der Waals surface area contributed by atoms with Crippen LogP contribution in [0, 0.1) is 5.41 Å². The Hall–Kier alpha value is -2.43. The second-order valence-corrected chi connectivity index (χ2v) is 4.94. The monoisotopic (exact) mass is 267 g/mol. The number of hydrogen-bond acceptors (Lipinski definition) is 4. The number of anilines is 1. The highest BCUT2D eigenvalue weighted by molar-refractivity contribution is 5.99. The van der Waals surface area contributed by atoms with Gasteiger partial charge < -0.3 is 10.6 Å². The van der Waals surface area contributed by atoms with E-state index >= 15 is 0 Å². The molecule has 0 fully saturated rings. The second-order valence-electron chi connectivity index (χ2n) is 4.94. The first-order valence-electron chi connectivity index (χ1n) is 6.73. The van der Waals surface area contributed by atoms with Crippen molar-refractivity contribution < 1.29 is 0 Å². The number of nitrogens with two attached hydrogens (primary N) is 1. The minimum atomic E-state index is 0.0386. The molecule has 0 saturated carbocycles. The maximum Gasteiger partial charge on any atom is 0.162 e. The Morgan fingerprint density at radius 2 is 1.75 bits per heavy atom. The summed E-state index contributed by atoms with van der Waals surface area (Å²) in [4.78, 5) is 2.17. The molecule has 2 aromatic rings. The summed E-state index contributed by atoms with van der Waals surface area (Å²) in [5.74, 6) is 0.754. The number of hydrogen-bond donors (Lipinski definition) is 2. The molecule has 0 aliphatic carbocycles. The van der Waals surface area contributed by atoms with Crippen LogP contribution in [0.5, 0.6) is 0 Å². The maximum absolute atomic E-state index is 7.66. The van der Waals surface area contributed by atoms with Crippen LogP contribution in [-0.4, -0.2) is 29.1 Å². The minimum absolute atomic E-state index is 0.0386. The molecule has 0 saturated heterocycles. The van der Waals surface area contributed by atoms with Crippen LogP contribution in [0.3, 0.4) is 0 Å². The van der Waals surface area contributed by atoms with E-state index in [4.69, 9.17) is 11.1 Å². The molecule has 0 spiro atoms. The molecule has 1 aromatic carbocycles. The lowest BCUT2D eigenvalue weighted by Gasteiger charge is -2.22. The fourth-order valence-electron chi connectivity index (χ4n) is 2.65. The molecule has 102 valence electrons. The van der Waals surface area contributed by atoms with Crippen LogP contribution >= 0.6 is 0 Å². The summed E-state index contributed by atoms with van der Waals surface area (Å²) in [5.41, 5.74) is 9.08. The van der Waals surface area contributed by atoms with Crippen molar-refractivity contribution in [1.29, 1.82) is 5.41 Å². The van der Waals surface area contributed by atoms with Gasteiger partial charge in [-0.3, -0.25) is 5.41 Å². The number of nitrogens with one attached hydrogen (secondary N) is 1. The first kappa shape index (κ1) is 12.6. The molecule has 5 heteroatoms. The quantitative estimate of drug-likeness (QED) is 0.636. The van der Waals surface area contributed by atoms with E-state index in [1.165, 1.54) is 11.1 Å². The fraction of sp³-hybridized carbons (Fsp3) is 0.267. The summed E-state index contributed by atoms with van der Waals surface area (Å²) >= 11 is 0. The highest BCUT2D eigenvalue weighted by Gasteiger charge is 2.18. The van der Waals surface area contributed by atoms with Gasteiger partial charge in [-0.15, -0.1) is 5.10 Å². The van der Waals surface area contributed by atoms with E-state index < -0.39 is 0 Å². The molecule has 5 nitrogen and oxygen atoms in total. The number of benzene rings is 1. The van der Waals surface area contributed by atoms with Crippen LogP contribution in [0.15, 0.2) is 36.5 Å². The average Bonchev–Trinajstić information content (AvgIpc) is 2.70. The lowest BCUT2D eigenvalue weighted by molar-refractivity contribution is 0.775. The molecule has 1 aliphatic heterocycles. The van der Waals surface area contributed by atoms with Crippen molar-refractivity contribution in [3.8, 4) is 0 Å². The third kappa shape index (κ3) is 2.34. The standard InChI is InChI=1S/C15H17N5/c16-14(17)13-5-8-18-19-15(13)20-9-6-11-3-1-2-4-12(11)7-10-20/h1-5,8H,6-7,9-10H2,(H3,16,17). The molecule has 20 heavy (non-hydrogen) atoms. The molecule has 3 rings (SSSR count). The van der Waals surface area contributed by atoms with E-state index in [1.54, 1.807) is 12.3 Å². The van der Waals surface area contributed by atoms with E-state index in [1.807, 2.05) is 0 Å². The zero-order valence-corrected chi connectivity index (χ0v) is 11.2. The molecule has 0 radical (unpaired) electrons. The van der Waals surface area contributed by atoms with E-state index in [2.05, 4.69) is 39.4 Å².